The first kappa shape index (κ1) is 10.4. The van der Waals surface area contributed by atoms with Crippen LogP contribution < -0.4 is 5.73 Å². The van der Waals surface area contributed by atoms with Crippen LogP contribution in [0.15, 0.2) is 41.1 Å². The van der Waals surface area contributed by atoms with Crippen LogP contribution in [0.1, 0.15) is 5.56 Å². The minimum atomic E-state index is 0.685. The van der Waals surface area contributed by atoms with Gasteiger partial charge in [0.15, 0.2) is 0 Å². The number of aromatic nitrogens is 2. The van der Waals surface area contributed by atoms with E-state index in [0.717, 1.165) is 16.7 Å². The van der Waals surface area contributed by atoms with Crippen molar-refractivity contribution >= 4 is 15.9 Å². The third kappa shape index (κ3) is 2.27. The molecule has 2 rings (SSSR count). The summed E-state index contributed by atoms with van der Waals surface area (Å²) < 4.78 is 2.79. The standard InChI is InChI=1S/C11H12BrN3/c12-11-6-8-14-15(11)10-3-1-9(2-4-10)5-7-13/h1-4,6,8H,5,7,13H2. The van der Waals surface area contributed by atoms with Gasteiger partial charge in [0.05, 0.1) is 11.9 Å². The van der Waals surface area contributed by atoms with Crippen LogP contribution in [0.2, 0.25) is 0 Å². The highest BCUT2D eigenvalue weighted by Crippen LogP contribution is 2.15. The fraction of sp³-hybridized carbons (Fsp3) is 0.182. The summed E-state index contributed by atoms with van der Waals surface area (Å²) in [5, 5.41) is 4.21. The Balaban J connectivity index is 2.28. The molecular weight excluding hydrogens is 254 g/mol. The number of rotatable bonds is 3. The van der Waals surface area contributed by atoms with E-state index in [-0.39, 0.29) is 0 Å². The quantitative estimate of drug-likeness (QED) is 0.924. The van der Waals surface area contributed by atoms with Crippen LogP contribution in [-0.2, 0) is 6.42 Å². The average Bonchev–Trinajstić information content (AvgIpc) is 2.66. The van der Waals surface area contributed by atoms with Gasteiger partial charge in [-0.25, -0.2) is 4.68 Å². The first-order chi connectivity index (χ1) is 7.31. The Hall–Kier alpha value is -1.13. The van der Waals surface area contributed by atoms with Gasteiger partial charge in [0.1, 0.15) is 4.60 Å². The van der Waals surface area contributed by atoms with Crippen LogP contribution in [0.4, 0.5) is 0 Å². The minimum Gasteiger partial charge on any atom is -0.330 e. The molecule has 0 saturated heterocycles. The number of nitrogens with zero attached hydrogens (tertiary/aromatic N) is 2. The monoisotopic (exact) mass is 265 g/mol. The Morgan fingerprint density at radius 2 is 1.93 bits per heavy atom. The van der Waals surface area contributed by atoms with Gasteiger partial charge in [-0.1, -0.05) is 12.1 Å². The van der Waals surface area contributed by atoms with Crippen molar-refractivity contribution in [3.8, 4) is 5.69 Å². The third-order valence-electron chi connectivity index (χ3n) is 2.21. The average molecular weight is 266 g/mol. The third-order valence-corrected chi connectivity index (χ3v) is 2.81. The van der Waals surface area contributed by atoms with E-state index in [4.69, 9.17) is 5.73 Å². The van der Waals surface area contributed by atoms with Crippen molar-refractivity contribution in [3.05, 3.63) is 46.7 Å². The molecule has 0 radical (unpaired) electrons. The lowest BCUT2D eigenvalue weighted by molar-refractivity contribution is 0.858. The molecule has 0 atom stereocenters. The Morgan fingerprint density at radius 3 is 2.47 bits per heavy atom. The molecule has 1 aromatic heterocycles. The van der Waals surface area contributed by atoms with E-state index >= 15 is 0 Å². The van der Waals surface area contributed by atoms with Gasteiger partial charge in [0, 0.05) is 0 Å². The molecule has 0 spiro atoms. The number of hydrogen-bond donors (Lipinski definition) is 1. The lowest BCUT2D eigenvalue weighted by atomic mass is 10.1. The molecule has 15 heavy (non-hydrogen) atoms. The summed E-state index contributed by atoms with van der Waals surface area (Å²) >= 11 is 3.43. The van der Waals surface area contributed by atoms with Crippen molar-refractivity contribution < 1.29 is 0 Å². The molecular formula is C11H12BrN3. The van der Waals surface area contributed by atoms with E-state index in [1.54, 1.807) is 6.20 Å². The molecule has 4 heteroatoms. The second-order valence-electron chi connectivity index (χ2n) is 3.27. The van der Waals surface area contributed by atoms with Crippen LogP contribution in [-0.4, -0.2) is 16.3 Å². The van der Waals surface area contributed by atoms with E-state index < -0.39 is 0 Å². The molecule has 2 N–H and O–H groups in total. The van der Waals surface area contributed by atoms with Gasteiger partial charge in [-0.2, -0.15) is 5.10 Å². The highest BCUT2D eigenvalue weighted by atomic mass is 79.9. The Morgan fingerprint density at radius 1 is 1.20 bits per heavy atom. The van der Waals surface area contributed by atoms with Gasteiger partial charge in [-0.15, -0.1) is 0 Å². The summed E-state index contributed by atoms with van der Waals surface area (Å²) in [7, 11) is 0. The second kappa shape index (κ2) is 4.59. The van der Waals surface area contributed by atoms with Crippen LogP contribution in [0, 0.1) is 0 Å². The van der Waals surface area contributed by atoms with E-state index in [1.165, 1.54) is 5.56 Å². The van der Waals surface area contributed by atoms with E-state index in [9.17, 15) is 0 Å². The second-order valence-corrected chi connectivity index (χ2v) is 4.08. The van der Waals surface area contributed by atoms with Crippen molar-refractivity contribution in [2.24, 2.45) is 5.73 Å². The van der Waals surface area contributed by atoms with Gasteiger partial charge in [0.2, 0.25) is 0 Å². The van der Waals surface area contributed by atoms with E-state index in [0.29, 0.717) is 6.54 Å². The molecule has 0 aliphatic carbocycles. The zero-order valence-electron chi connectivity index (χ0n) is 8.23. The van der Waals surface area contributed by atoms with Gasteiger partial charge < -0.3 is 5.73 Å². The van der Waals surface area contributed by atoms with Crippen molar-refractivity contribution in [1.82, 2.24) is 9.78 Å². The molecule has 1 heterocycles. The summed E-state index contributed by atoms with van der Waals surface area (Å²) in [5.41, 5.74) is 7.80. The largest absolute Gasteiger partial charge is 0.330 e. The van der Waals surface area contributed by atoms with Gasteiger partial charge in [-0.05, 0) is 52.7 Å². The smallest absolute Gasteiger partial charge is 0.109 e. The fourth-order valence-corrected chi connectivity index (χ4v) is 1.86. The van der Waals surface area contributed by atoms with Gasteiger partial charge in [0.25, 0.3) is 0 Å². The zero-order chi connectivity index (χ0) is 10.7. The summed E-state index contributed by atoms with van der Waals surface area (Å²) in [6.07, 6.45) is 2.68. The topological polar surface area (TPSA) is 43.8 Å². The summed E-state index contributed by atoms with van der Waals surface area (Å²) in [5.74, 6) is 0. The first-order valence-electron chi connectivity index (χ1n) is 4.80. The maximum absolute atomic E-state index is 5.49. The van der Waals surface area contributed by atoms with Crippen LogP contribution >= 0.6 is 15.9 Å². The molecule has 0 aliphatic heterocycles. The highest BCUT2D eigenvalue weighted by Gasteiger charge is 2.01. The van der Waals surface area contributed by atoms with Crippen molar-refractivity contribution in [3.63, 3.8) is 0 Å². The van der Waals surface area contributed by atoms with Crippen LogP contribution in [0.5, 0.6) is 0 Å². The van der Waals surface area contributed by atoms with Crippen molar-refractivity contribution in [1.29, 1.82) is 0 Å². The Bertz CT molecular complexity index is 433. The lowest BCUT2D eigenvalue weighted by Crippen LogP contribution is -2.03. The Labute approximate surface area is 97.0 Å². The molecule has 0 bridgehead atoms. The van der Waals surface area contributed by atoms with E-state index in [2.05, 4.69) is 33.2 Å². The summed E-state index contributed by atoms with van der Waals surface area (Å²) in [6.45, 7) is 0.685. The Kier molecular flexibility index (Phi) is 3.18. The normalized spacial score (nSPS) is 10.5. The predicted octanol–water partition coefficient (Wildman–Crippen LogP) is 2.14. The molecule has 0 aliphatic rings. The number of halogens is 1. The molecule has 1 aromatic carbocycles. The fourth-order valence-electron chi connectivity index (χ4n) is 1.45. The maximum atomic E-state index is 5.49. The summed E-state index contributed by atoms with van der Waals surface area (Å²) in [6, 6.07) is 10.2. The molecule has 78 valence electrons. The zero-order valence-corrected chi connectivity index (χ0v) is 9.81. The van der Waals surface area contributed by atoms with E-state index in [1.807, 2.05) is 22.9 Å². The highest BCUT2D eigenvalue weighted by molar-refractivity contribution is 9.10. The molecule has 0 unspecified atom stereocenters. The minimum absolute atomic E-state index is 0.685. The number of nitrogens with two attached hydrogens (primary N) is 1. The van der Waals surface area contributed by atoms with Gasteiger partial charge in [-0.3, -0.25) is 0 Å². The summed E-state index contributed by atoms with van der Waals surface area (Å²) in [4.78, 5) is 0. The number of benzene rings is 1. The maximum Gasteiger partial charge on any atom is 0.109 e. The molecule has 3 nitrogen and oxygen atoms in total. The first-order valence-corrected chi connectivity index (χ1v) is 5.59. The lowest BCUT2D eigenvalue weighted by Gasteiger charge is -2.04. The molecule has 2 aromatic rings. The molecule has 0 saturated carbocycles. The predicted molar refractivity (Wildman–Crippen MR) is 64.0 cm³/mol. The SMILES string of the molecule is NCCc1ccc(-n2nccc2Br)cc1. The van der Waals surface area contributed by atoms with Crippen molar-refractivity contribution in [2.75, 3.05) is 6.54 Å². The van der Waals surface area contributed by atoms with Crippen LogP contribution in [0.25, 0.3) is 5.69 Å². The number of hydrogen-bond acceptors (Lipinski definition) is 2. The van der Waals surface area contributed by atoms with Gasteiger partial charge >= 0.3 is 0 Å². The van der Waals surface area contributed by atoms with Crippen LogP contribution in [0.3, 0.4) is 0 Å². The molecule has 0 amide bonds. The van der Waals surface area contributed by atoms with Crippen molar-refractivity contribution in [2.45, 2.75) is 6.42 Å². The molecule has 0 fully saturated rings.